The first-order valence-corrected chi connectivity index (χ1v) is 9.05. The molecule has 1 amide bonds. The van der Waals surface area contributed by atoms with Gasteiger partial charge in [-0.2, -0.15) is 0 Å². The van der Waals surface area contributed by atoms with E-state index in [1.807, 2.05) is 0 Å². The molecule has 8 nitrogen and oxygen atoms in total. The second-order valence-electron chi connectivity index (χ2n) is 5.86. The van der Waals surface area contributed by atoms with Crippen LogP contribution in [-0.2, 0) is 16.1 Å². The predicted molar refractivity (Wildman–Crippen MR) is 110 cm³/mol. The minimum absolute atomic E-state index is 0.119. The van der Waals surface area contributed by atoms with Crippen molar-refractivity contribution in [1.82, 2.24) is 20.3 Å². The molecule has 10 heteroatoms. The minimum atomic E-state index is -0.620. The molecule has 0 saturated carbocycles. The molecule has 2 aromatic rings. The fourth-order valence-corrected chi connectivity index (χ4v) is 2.68. The smallest absolute Gasteiger partial charge is 0.337 e. The lowest BCUT2D eigenvalue weighted by molar-refractivity contribution is -0.135. The van der Waals surface area contributed by atoms with E-state index >= 15 is 0 Å². The van der Waals surface area contributed by atoms with Gasteiger partial charge >= 0.3 is 5.97 Å². The monoisotopic (exact) mass is 435 g/mol. The van der Waals surface area contributed by atoms with Crippen molar-refractivity contribution in [2.24, 2.45) is 5.73 Å². The first kappa shape index (κ1) is 22.2. The van der Waals surface area contributed by atoms with Crippen molar-refractivity contribution < 1.29 is 14.3 Å². The van der Waals surface area contributed by atoms with Gasteiger partial charge in [-0.3, -0.25) is 4.79 Å². The molecule has 0 bridgehead atoms. The van der Waals surface area contributed by atoms with E-state index in [4.69, 9.17) is 28.9 Å². The number of nitrogens with zero attached hydrogens (tertiary/aromatic N) is 3. The van der Waals surface area contributed by atoms with Crippen LogP contribution in [0.25, 0.3) is 0 Å². The molecule has 29 heavy (non-hydrogen) atoms. The molecule has 0 unspecified atom stereocenters. The lowest BCUT2D eigenvalue weighted by Gasteiger charge is -2.07. The number of benzene rings is 1. The number of esters is 1. The first-order chi connectivity index (χ1) is 13.8. The number of aromatic nitrogens is 3. The Morgan fingerprint density at radius 1 is 1.34 bits per heavy atom. The highest BCUT2D eigenvalue weighted by Crippen LogP contribution is 2.23. The van der Waals surface area contributed by atoms with Crippen LogP contribution in [0.1, 0.15) is 21.7 Å². The molecule has 0 aliphatic rings. The van der Waals surface area contributed by atoms with Crippen molar-refractivity contribution in [2.75, 3.05) is 7.11 Å². The molecule has 0 aliphatic carbocycles. The van der Waals surface area contributed by atoms with Crippen molar-refractivity contribution in [3.05, 3.63) is 81.4 Å². The molecular weight excluding hydrogens is 417 g/mol. The Kier molecular flexibility index (Phi) is 7.58. The molecule has 1 aromatic heterocycles. The van der Waals surface area contributed by atoms with Crippen LogP contribution < -0.4 is 11.1 Å². The summed E-state index contributed by atoms with van der Waals surface area (Å²) in [6.45, 7) is 5.78. The van der Waals surface area contributed by atoms with E-state index in [2.05, 4.69) is 26.9 Å². The van der Waals surface area contributed by atoms with Crippen LogP contribution >= 0.6 is 23.2 Å². The van der Waals surface area contributed by atoms with E-state index in [0.29, 0.717) is 22.3 Å². The van der Waals surface area contributed by atoms with Gasteiger partial charge in [0.2, 0.25) is 0 Å². The van der Waals surface area contributed by atoms with Gasteiger partial charge in [0, 0.05) is 5.70 Å². The summed E-state index contributed by atoms with van der Waals surface area (Å²) >= 11 is 11.9. The number of ether oxygens (including phenoxy) is 1. The van der Waals surface area contributed by atoms with Crippen LogP contribution in [-0.4, -0.2) is 34.0 Å². The van der Waals surface area contributed by atoms with Gasteiger partial charge in [0.1, 0.15) is 0 Å². The Morgan fingerprint density at radius 3 is 2.69 bits per heavy atom. The highest BCUT2D eigenvalue weighted by molar-refractivity contribution is 6.42. The van der Waals surface area contributed by atoms with E-state index in [-0.39, 0.29) is 17.0 Å². The van der Waals surface area contributed by atoms with Crippen LogP contribution in [0.15, 0.2) is 54.4 Å². The number of methoxy groups -OCH3 is 1. The maximum absolute atomic E-state index is 12.5. The number of hydrogen-bond donors (Lipinski definition) is 2. The summed E-state index contributed by atoms with van der Waals surface area (Å²) in [7, 11) is 1.23. The quantitative estimate of drug-likeness (QED) is 0.392. The van der Waals surface area contributed by atoms with Crippen molar-refractivity contribution in [1.29, 1.82) is 0 Å². The summed E-state index contributed by atoms with van der Waals surface area (Å²) in [5.74, 6) is -1.14. The summed E-state index contributed by atoms with van der Waals surface area (Å²) < 4.78 is 6.20. The zero-order valence-electron chi connectivity index (χ0n) is 15.8. The topological polar surface area (TPSA) is 112 Å². The summed E-state index contributed by atoms with van der Waals surface area (Å²) in [6.07, 6.45) is 3.85. The van der Waals surface area contributed by atoms with E-state index < -0.39 is 11.9 Å². The normalized spacial score (nSPS) is 11.5. The highest BCUT2D eigenvalue weighted by atomic mass is 35.5. The number of carbonyl (C=O) groups excluding carboxylic acids is 2. The van der Waals surface area contributed by atoms with Gasteiger partial charge in [0.05, 0.1) is 35.0 Å². The maximum atomic E-state index is 12.5. The lowest BCUT2D eigenvalue weighted by atomic mass is 10.2. The number of carbonyl (C=O) groups is 2. The second-order valence-corrected chi connectivity index (χ2v) is 6.67. The molecule has 0 spiro atoms. The fraction of sp³-hybridized carbons (Fsp3) is 0.158. The van der Waals surface area contributed by atoms with E-state index in [1.54, 1.807) is 29.8 Å². The zero-order chi connectivity index (χ0) is 21.6. The van der Waals surface area contributed by atoms with Crippen LogP contribution in [0.2, 0.25) is 10.0 Å². The van der Waals surface area contributed by atoms with Gasteiger partial charge in [-0.1, -0.05) is 41.1 Å². The van der Waals surface area contributed by atoms with Crippen LogP contribution in [0.5, 0.6) is 0 Å². The SMILES string of the molecule is C=C(/C=C(\C=C/N)C(=O)OC)NC(=O)c1nnn(Cc2ccc(Cl)c(Cl)c2)c1C. The van der Waals surface area contributed by atoms with E-state index in [9.17, 15) is 9.59 Å². The third-order valence-electron chi connectivity index (χ3n) is 3.81. The van der Waals surface area contributed by atoms with Crippen LogP contribution in [0.4, 0.5) is 0 Å². The molecule has 0 radical (unpaired) electrons. The summed E-state index contributed by atoms with van der Waals surface area (Å²) in [4.78, 5) is 24.2. The minimum Gasteiger partial charge on any atom is -0.465 e. The maximum Gasteiger partial charge on any atom is 0.337 e. The van der Waals surface area contributed by atoms with Crippen molar-refractivity contribution in [3.8, 4) is 0 Å². The molecule has 0 fully saturated rings. The van der Waals surface area contributed by atoms with Crippen LogP contribution in [0.3, 0.4) is 0 Å². The summed E-state index contributed by atoms with van der Waals surface area (Å²) in [5.41, 5.74) is 7.11. The number of halogens is 2. The number of nitrogens with one attached hydrogen (secondary N) is 1. The lowest BCUT2D eigenvalue weighted by Crippen LogP contribution is -2.23. The second kappa shape index (κ2) is 9.90. The number of rotatable bonds is 7. The summed E-state index contributed by atoms with van der Waals surface area (Å²) in [6, 6.07) is 5.21. The van der Waals surface area contributed by atoms with Gasteiger partial charge in [0.15, 0.2) is 5.69 Å². The fourth-order valence-electron chi connectivity index (χ4n) is 2.36. The Balaban J connectivity index is 2.14. The number of nitrogens with two attached hydrogens (primary N) is 1. The van der Waals surface area contributed by atoms with Gasteiger partial charge < -0.3 is 15.8 Å². The average Bonchev–Trinajstić information content (AvgIpc) is 3.04. The van der Waals surface area contributed by atoms with E-state index in [1.165, 1.54) is 25.5 Å². The Morgan fingerprint density at radius 2 is 2.07 bits per heavy atom. The van der Waals surface area contributed by atoms with E-state index in [0.717, 1.165) is 5.56 Å². The van der Waals surface area contributed by atoms with Gasteiger partial charge in [-0.05, 0) is 43.0 Å². The van der Waals surface area contributed by atoms with Gasteiger partial charge in [0.25, 0.3) is 5.91 Å². The third-order valence-corrected chi connectivity index (χ3v) is 4.55. The van der Waals surface area contributed by atoms with Crippen molar-refractivity contribution in [3.63, 3.8) is 0 Å². The number of hydrogen-bond acceptors (Lipinski definition) is 6. The average molecular weight is 436 g/mol. The van der Waals surface area contributed by atoms with Gasteiger partial charge in [-0.25, -0.2) is 9.48 Å². The molecule has 2 rings (SSSR count). The van der Waals surface area contributed by atoms with Gasteiger partial charge in [-0.15, -0.1) is 5.10 Å². The molecule has 1 heterocycles. The summed E-state index contributed by atoms with van der Waals surface area (Å²) in [5, 5.41) is 11.4. The van der Waals surface area contributed by atoms with Crippen molar-refractivity contribution >= 4 is 35.1 Å². The molecule has 0 atom stereocenters. The molecule has 0 aliphatic heterocycles. The van der Waals surface area contributed by atoms with Crippen LogP contribution in [0, 0.1) is 6.92 Å². The Labute approximate surface area is 177 Å². The Bertz CT molecular complexity index is 1010. The van der Waals surface area contributed by atoms with Crippen molar-refractivity contribution in [2.45, 2.75) is 13.5 Å². The largest absolute Gasteiger partial charge is 0.465 e. The number of allylic oxidation sites excluding steroid dienone is 1. The predicted octanol–water partition coefficient (Wildman–Crippen LogP) is 2.76. The Hall–Kier alpha value is -3.10. The highest BCUT2D eigenvalue weighted by Gasteiger charge is 2.17. The first-order valence-electron chi connectivity index (χ1n) is 8.29. The zero-order valence-corrected chi connectivity index (χ0v) is 17.3. The molecular formula is C19H19Cl2N5O3. The molecule has 0 saturated heterocycles. The standard InChI is InChI=1S/C19H19Cl2N5O3/c1-11(8-14(6-7-22)19(28)29-3)23-18(27)17-12(2)26(25-24-17)10-13-4-5-15(20)16(21)9-13/h4-9H,1,10,22H2,2-3H3,(H,23,27)/b7-6-,14-8+. The molecule has 3 N–H and O–H groups in total. The molecule has 1 aromatic carbocycles. The number of amides is 1. The molecule has 152 valence electrons. The third kappa shape index (κ3) is 5.69.